The van der Waals surface area contributed by atoms with Crippen LogP contribution in [-0.2, 0) is 6.54 Å². The Labute approximate surface area is 127 Å². The van der Waals surface area contributed by atoms with E-state index in [1.165, 1.54) is 5.69 Å². The van der Waals surface area contributed by atoms with Crippen LogP contribution < -0.4 is 10.6 Å². The van der Waals surface area contributed by atoms with Gasteiger partial charge in [-0.3, -0.25) is 4.90 Å². The van der Waals surface area contributed by atoms with E-state index in [4.69, 9.17) is 17.3 Å². The lowest BCUT2D eigenvalue weighted by Gasteiger charge is -2.37. The minimum atomic E-state index is 0.538. The van der Waals surface area contributed by atoms with Gasteiger partial charge in [-0.25, -0.2) is 0 Å². The van der Waals surface area contributed by atoms with Crippen LogP contribution in [-0.4, -0.2) is 63.2 Å². The molecule has 0 aliphatic carbocycles. The van der Waals surface area contributed by atoms with Gasteiger partial charge in [-0.1, -0.05) is 11.6 Å². The zero-order valence-electron chi connectivity index (χ0n) is 12.5. The zero-order valence-corrected chi connectivity index (χ0v) is 13.2. The summed E-state index contributed by atoms with van der Waals surface area (Å²) in [7, 11) is 4.25. The van der Waals surface area contributed by atoms with Gasteiger partial charge in [-0.05, 0) is 37.9 Å². The average molecular weight is 297 g/mol. The number of anilines is 1. The van der Waals surface area contributed by atoms with E-state index in [9.17, 15) is 0 Å². The van der Waals surface area contributed by atoms with Crippen molar-refractivity contribution in [3.63, 3.8) is 0 Å². The summed E-state index contributed by atoms with van der Waals surface area (Å²) < 4.78 is 0. The van der Waals surface area contributed by atoms with Gasteiger partial charge in [0.25, 0.3) is 0 Å². The Morgan fingerprint density at radius 1 is 1.20 bits per heavy atom. The second-order valence-corrected chi connectivity index (χ2v) is 6.05. The molecule has 0 unspecified atom stereocenters. The van der Waals surface area contributed by atoms with Gasteiger partial charge in [-0.15, -0.1) is 0 Å². The summed E-state index contributed by atoms with van der Waals surface area (Å²) in [6.07, 6.45) is 0. The van der Waals surface area contributed by atoms with Gasteiger partial charge in [0.1, 0.15) is 0 Å². The molecule has 20 heavy (non-hydrogen) atoms. The first-order chi connectivity index (χ1) is 9.60. The number of piperazine rings is 1. The smallest absolute Gasteiger partial charge is 0.0413 e. The lowest BCUT2D eigenvalue weighted by atomic mass is 10.1. The van der Waals surface area contributed by atoms with Crippen molar-refractivity contribution >= 4 is 17.3 Å². The summed E-state index contributed by atoms with van der Waals surface area (Å²) in [6, 6.07) is 6.03. The number of hydrogen-bond acceptors (Lipinski definition) is 4. The molecular weight excluding hydrogens is 272 g/mol. The predicted molar refractivity (Wildman–Crippen MR) is 86.6 cm³/mol. The zero-order chi connectivity index (χ0) is 14.5. The molecule has 1 aliphatic rings. The number of likely N-dealkylation sites (N-methyl/N-ethyl adjacent to an activating group) is 1. The molecule has 5 heteroatoms. The molecule has 2 rings (SSSR count). The molecule has 0 atom stereocenters. The minimum absolute atomic E-state index is 0.538. The Morgan fingerprint density at radius 3 is 2.50 bits per heavy atom. The molecule has 2 N–H and O–H groups in total. The molecule has 0 saturated carbocycles. The number of nitrogens with two attached hydrogens (primary N) is 1. The molecule has 1 saturated heterocycles. The average Bonchev–Trinajstić information content (AvgIpc) is 2.45. The summed E-state index contributed by atoms with van der Waals surface area (Å²) in [5.41, 5.74) is 8.21. The van der Waals surface area contributed by atoms with Crippen molar-refractivity contribution in [1.82, 2.24) is 9.80 Å². The minimum Gasteiger partial charge on any atom is -0.369 e. The first kappa shape index (κ1) is 15.6. The van der Waals surface area contributed by atoms with Crippen LogP contribution in [0.5, 0.6) is 0 Å². The van der Waals surface area contributed by atoms with Crippen molar-refractivity contribution in [2.24, 2.45) is 5.73 Å². The number of nitrogens with zero attached hydrogens (tertiary/aromatic N) is 3. The van der Waals surface area contributed by atoms with Crippen LogP contribution in [0.25, 0.3) is 0 Å². The highest BCUT2D eigenvalue weighted by Crippen LogP contribution is 2.25. The van der Waals surface area contributed by atoms with Crippen LogP contribution in [0, 0.1) is 0 Å². The van der Waals surface area contributed by atoms with E-state index in [1.807, 2.05) is 12.1 Å². The Kier molecular flexibility index (Phi) is 5.66. The molecule has 1 aliphatic heterocycles. The molecule has 0 bridgehead atoms. The van der Waals surface area contributed by atoms with Crippen LogP contribution in [0.3, 0.4) is 0 Å². The van der Waals surface area contributed by atoms with Crippen LogP contribution in [0.4, 0.5) is 5.69 Å². The monoisotopic (exact) mass is 296 g/mol. The fourth-order valence-corrected chi connectivity index (χ4v) is 2.77. The second-order valence-electron chi connectivity index (χ2n) is 5.61. The fourth-order valence-electron chi connectivity index (χ4n) is 2.58. The Bertz CT molecular complexity index is 428. The summed E-state index contributed by atoms with van der Waals surface area (Å²) in [5, 5.41) is 0.763. The molecule has 0 aromatic heterocycles. The van der Waals surface area contributed by atoms with Crippen molar-refractivity contribution in [2.45, 2.75) is 6.54 Å². The molecule has 0 amide bonds. The van der Waals surface area contributed by atoms with E-state index < -0.39 is 0 Å². The number of halogens is 1. The third kappa shape index (κ3) is 4.09. The summed E-state index contributed by atoms with van der Waals surface area (Å²) in [5.74, 6) is 0. The highest BCUT2D eigenvalue weighted by atomic mass is 35.5. The Hall–Kier alpha value is -0.810. The van der Waals surface area contributed by atoms with Gasteiger partial charge < -0.3 is 15.5 Å². The maximum Gasteiger partial charge on any atom is 0.0413 e. The summed E-state index contributed by atoms with van der Waals surface area (Å²) >= 11 is 6.04. The van der Waals surface area contributed by atoms with Gasteiger partial charge in [0, 0.05) is 56.5 Å². The van der Waals surface area contributed by atoms with Gasteiger partial charge in [-0.2, -0.15) is 0 Å². The molecule has 1 heterocycles. The SMILES string of the molecule is CN(C)CCN1CCN(c2ccc(Cl)cc2CN)CC1. The number of benzene rings is 1. The van der Waals surface area contributed by atoms with Gasteiger partial charge in [0.2, 0.25) is 0 Å². The molecule has 4 nitrogen and oxygen atoms in total. The second kappa shape index (κ2) is 7.27. The quantitative estimate of drug-likeness (QED) is 0.893. The van der Waals surface area contributed by atoms with E-state index in [1.54, 1.807) is 0 Å². The van der Waals surface area contributed by atoms with Crippen LogP contribution in [0.1, 0.15) is 5.56 Å². The Morgan fingerprint density at radius 2 is 1.90 bits per heavy atom. The van der Waals surface area contributed by atoms with E-state index in [2.05, 4.69) is 34.9 Å². The molecule has 1 fully saturated rings. The number of hydrogen-bond donors (Lipinski definition) is 1. The van der Waals surface area contributed by atoms with Crippen molar-refractivity contribution in [3.05, 3.63) is 28.8 Å². The standard InChI is InChI=1S/C15H25ClN4/c1-18(2)5-6-19-7-9-20(10-8-19)15-4-3-14(16)11-13(15)12-17/h3-4,11H,5-10,12,17H2,1-2H3. The van der Waals surface area contributed by atoms with Gasteiger partial charge >= 0.3 is 0 Å². The summed E-state index contributed by atoms with van der Waals surface area (Å²) in [4.78, 5) is 7.18. The van der Waals surface area contributed by atoms with Crippen molar-refractivity contribution in [1.29, 1.82) is 0 Å². The van der Waals surface area contributed by atoms with E-state index in [-0.39, 0.29) is 0 Å². The topological polar surface area (TPSA) is 35.7 Å². The van der Waals surface area contributed by atoms with Gasteiger partial charge in [0.05, 0.1) is 0 Å². The van der Waals surface area contributed by atoms with Crippen LogP contribution >= 0.6 is 11.6 Å². The maximum atomic E-state index is 6.04. The van der Waals surface area contributed by atoms with E-state index in [0.29, 0.717) is 6.54 Å². The van der Waals surface area contributed by atoms with E-state index >= 15 is 0 Å². The van der Waals surface area contributed by atoms with Crippen molar-refractivity contribution < 1.29 is 0 Å². The van der Waals surface area contributed by atoms with Crippen molar-refractivity contribution in [2.75, 3.05) is 58.3 Å². The largest absolute Gasteiger partial charge is 0.369 e. The highest BCUT2D eigenvalue weighted by molar-refractivity contribution is 6.30. The molecular formula is C15H25ClN4. The molecule has 0 spiro atoms. The lowest BCUT2D eigenvalue weighted by Crippen LogP contribution is -2.48. The molecule has 112 valence electrons. The third-order valence-corrected chi connectivity index (χ3v) is 4.07. The molecule has 0 radical (unpaired) electrons. The Balaban J connectivity index is 1.93. The fraction of sp³-hybridized carbons (Fsp3) is 0.600. The predicted octanol–water partition coefficient (Wildman–Crippen LogP) is 1.48. The maximum absolute atomic E-state index is 6.04. The highest BCUT2D eigenvalue weighted by Gasteiger charge is 2.18. The van der Waals surface area contributed by atoms with Gasteiger partial charge in [0.15, 0.2) is 0 Å². The third-order valence-electron chi connectivity index (χ3n) is 3.84. The van der Waals surface area contributed by atoms with E-state index in [0.717, 1.165) is 49.9 Å². The first-order valence-electron chi connectivity index (χ1n) is 7.20. The normalized spacial score (nSPS) is 16.9. The van der Waals surface area contributed by atoms with Crippen molar-refractivity contribution in [3.8, 4) is 0 Å². The molecule has 1 aromatic carbocycles. The first-order valence-corrected chi connectivity index (χ1v) is 7.58. The summed E-state index contributed by atoms with van der Waals surface area (Å²) in [6.45, 7) is 7.14. The molecule has 1 aromatic rings. The van der Waals surface area contributed by atoms with Crippen LogP contribution in [0.2, 0.25) is 5.02 Å². The lowest BCUT2D eigenvalue weighted by molar-refractivity contribution is 0.229. The number of rotatable bonds is 5. The van der Waals surface area contributed by atoms with Crippen LogP contribution in [0.15, 0.2) is 18.2 Å².